The van der Waals surface area contributed by atoms with E-state index in [1.54, 1.807) is 0 Å². The zero-order valence-electron chi connectivity index (χ0n) is 8.91. The van der Waals surface area contributed by atoms with E-state index >= 15 is 0 Å². The fourth-order valence-electron chi connectivity index (χ4n) is 2.37. The van der Waals surface area contributed by atoms with E-state index in [0.717, 1.165) is 36.8 Å². The predicted molar refractivity (Wildman–Crippen MR) is 60.5 cm³/mol. The van der Waals surface area contributed by atoms with Gasteiger partial charge in [0.15, 0.2) is 0 Å². The summed E-state index contributed by atoms with van der Waals surface area (Å²) >= 11 is 0. The van der Waals surface area contributed by atoms with Gasteiger partial charge >= 0.3 is 0 Å². The Hall–Kier alpha value is -1.15. The maximum atomic E-state index is 11.8. The lowest BCUT2D eigenvalue weighted by atomic mass is 9.81. The van der Waals surface area contributed by atoms with Gasteiger partial charge < -0.3 is 5.73 Å². The van der Waals surface area contributed by atoms with Gasteiger partial charge in [-0.1, -0.05) is 30.7 Å². The van der Waals surface area contributed by atoms with E-state index in [0.29, 0.717) is 12.3 Å². The van der Waals surface area contributed by atoms with Crippen molar-refractivity contribution in [1.82, 2.24) is 0 Å². The molecule has 2 N–H and O–H groups in total. The molecule has 0 aromatic heterocycles. The Labute approximate surface area is 90.5 Å². The summed E-state index contributed by atoms with van der Waals surface area (Å²) in [7, 11) is 0. The molecule has 1 saturated carbocycles. The average molecular weight is 203 g/mol. The molecule has 15 heavy (non-hydrogen) atoms. The minimum Gasteiger partial charge on any atom is -0.326 e. The highest BCUT2D eigenvalue weighted by atomic mass is 16.1. The summed E-state index contributed by atoms with van der Waals surface area (Å²) in [5.74, 6) is 0.501. The fraction of sp³-hybridized carbons (Fsp3) is 0.462. The van der Waals surface area contributed by atoms with Crippen LogP contribution in [-0.4, -0.2) is 5.78 Å². The number of benzene rings is 1. The van der Waals surface area contributed by atoms with Gasteiger partial charge in [-0.3, -0.25) is 4.79 Å². The van der Waals surface area contributed by atoms with Crippen LogP contribution in [0.3, 0.4) is 0 Å². The van der Waals surface area contributed by atoms with Crippen LogP contribution < -0.4 is 5.73 Å². The summed E-state index contributed by atoms with van der Waals surface area (Å²) in [5.41, 5.74) is 7.97. The lowest BCUT2D eigenvalue weighted by Gasteiger charge is -2.22. The van der Waals surface area contributed by atoms with Crippen LogP contribution in [0, 0.1) is 0 Å². The summed E-state index contributed by atoms with van der Waals surface area (Å²) in [4.78, 5) is 11.8. The van der Waals surface area contributed by atoms with Crippen molar-refractivity contribution in [2.75, 3.05) is 0 Å². The van der Waals surface area contributed by atoms with Crippen molar-refractivity contribution in [3.8, 4) is 0 Å². The van der Waals surface area contributed by atoms with Crippen molar-refractivity contribution in [1.29, 1.82) is 0 Å². The Balaban J connectivity index is 2.30. The van der Waals surface area contributed by atoms with E-state index in [1.807, 2.05) is 18.2 Å². The van der Waals surface area contributed by atoms with E-state index in [-0.39, 0.29) is 5.92 Å². The topological polar surface area (TPSA) is 43.1 Å². The van der Waals surface area contributed by atoms with Crippen molar-refractivity contribution in [3.05, 3.63) is 35.4 Å². The second kappa shape index (κ2) is 4.58. The summed E-state index contributed by atoms with van der Waals surface area (Å²) < 4.78 is 0. The van der Waals surface area contributed by atoms with Gasteiger partial charge in [0.2, 0.25) is 0 Å². The molecule has 2 nitrogen and oxygen atoms in total. The summed E-state index contributed by atoms with van der Waals surface area (Å²) in [5, 5.41) is 0. The lowest BCUT2D eigenvalue weighted by Crippen LogP contribution is -2.19. The Morgan fingerprint density at radius 3 is 2.80 bits per heavy atom. The molecular formula is C13H17NO. The van der Waals surface area contributed by atoms with Crippen molar-refractivity contribution in [3.63, 3.8) is 0 Å². The standard InChI is InChI=1S/C13H17NO/c14-9-10-5-1-2-6-11(10)12-7-3-4-8-13(12)15/h1-2,5-6,12H,3-4,7-9,14H2. The van der Waals surface area contributed by atoms with Crippen LogP contribution >= 0.6 is 0 Å². The van der Waals surface area contributed by atoms with Gasteiger partial charge in [-0.25, -0.2) is 0 Å². The van der Waals surface area contributed by atoms with Gasteiger partial charge in [-0.15, -0.1) is 0 Å². The normalized spacial score (nSPS) is 21.7. The maximum Gasteiger partial charge on any atom is 0.140 e. The molecule has 1 fully saturated rings. The minimum absolute atomic E-state index is 0.110. The Morgan fingerprint density at radius 1 is 1.27 bits per heavy atom. The number of carbonyl (C=O) groups is 1. The van der Waals surface area contributed by atoms with Gasteiger partial charge in [0, 0.05) is 18.9 Å². The third-order valence-corrected chi connectivity index (χ3v) is 3.21. The van der Waals surface area contributed by atoms with Crippen LogP contribution in [0.5, 0.6) is 0 Å². The highest BCUT2D eigenvalue weighted by Gasteiger charge is 2.24. The quantitative estimate of drug-likeness (QED) is 0.801. The number of nitrogens with two attached hydrogens (primary N) is 1. The molecule has 0 bridgehead atoms. The summed E-state index contributed by atoms with van der Waals surface area (Å²) in [6, 6.07) is 8.06. The average Bonchev–Trinajstić information content (AvgIpc) is 2.30. The van der Waals surface area contributed by atoms with Crippen molar-refractivity contribution in [2.45, 2.75) is 38.1 Å². The first-order chi connectivity index (χ1) is 7.33. The van der Waals surface area contributed by atoms with Gasteiger partial charge in [0.05, 0.1) is 0 Å². The van der Waals surface area contributed by atoms with Crippen LogP contribution in [0.1, 0.15) is 42.7 Å². The zero-order valence-corrected chi connectivity index (χ0v) is 8.91. The fourth-order valence-corrected chi connectivity index (χ4v) is 2.37. The van der Waals surface area contributed by atoms with Crippen LogP contribution in [0.4, 0.5) is 0 Å². The van der Waals surface area contributed by atoms with E-state index in [9.17, 15) is 4.79 Å². The molecule has 1 aliphatic rings. The van der Waals surface area contributed by atoms with Gasteiger partial charge in [-0.05, 0) is 24.0 Å². The van der Waals surface area contributed by atoms with Crippen molar-refractivity contribution >= 4 is 5.78 Å². The third kappa shape index (κ3) is 2.10. The largest absolute Gasteiger partial charge is 0.326 e. The van der Waals surface area contributed by atoms with Crippen LogP contribution in [0.15, 0.2) is 24.3 Å². The number of Topliss-reactive ketones (excluding diaryl/α,β-unsaturated/α-hetero) is 1. The van der Waals surface area contributed by atoms with E-state index in [4.69, 9.17) is 5.73 Å². The molecule has 0 spiro atoms. The molecule has 80 valence electrons. The number of carbonyl (C=O) groups excluding carboxylic acids is 1. The molecule has 1 unspecified atom stereocenters. The number of hydrogen-bond donors (Lipinski definition) is 1. The van der Waals surface area contributed by atoms with Crippen molar-refractivity contribution < 1.29 is 4.79 Å². The summed E-state index contributed by atoms with van der Waals surface area (Å²) in [6.07, 6.45) is 3.95. The molecule has 2 heteroatoms. The van der Waals surface area contributed by atoms with Crippen LogP contribution in [-0.2, 0) is 11.3 Å². The van der Waals surface area contributed by atoms with E-state index in [2.05, 4.69) is 6.07 Å². The van der Waals surface area contributed by atoms with Crippen LogP contribution in [0.2, 0.25) is 0 Å². The molecule has 1 atom stereocenters. The van der Waals surface area contributed by atoms with E-state index in [1.165, 1.54) is 0 Å². The number of rotatable bonds is 2. The minimum atomic E-state index is 0.110. The van der Waals surface area contributed by atoms with Gasteiger partial charge in [-0.2, -0.15) is 0 Å². The molecule has 2 rings (SSSR count). The molecule has 0 aliphatic heterocycles. The monoisotopic (exact) mass is 203 g/mol. The number of hydrogen-bond acceptors (Lipinski definition) is 2. The van der Waals surface area contributed by atoms with Gasteiger partial charge in [0.1, 0.15) is 5.78 Å². The first-order valence-electron chi connectivity index (χ1n) is 5.63. The molecule has 0 heterocycles. The molecule has 1 aromatic rings. The second-order valence-electron chi connectivity index (χ2n) is 4.17. The predicted octanol–water partition coefficient (Wildman–Crippen LogP) is 2.37. The van der Waals surface area contributed by atoms with Crippen molar-refractivity contribution in [2.24, 2.45) is 5.73 Å². The summed E-state index contributed by atoms with van der Waals surface area (Å²) in [6.45, 7) is 0.528. The van der Waals surface area contributed by atoms with Gasteiger partial charge in [0.25, 0.3) is 0 Å². The lowest BCUT2D eigenvalue weighted by molar-refractivity contribution is -0.121. The Morgan fingerprint density at radius 2 is 2.07 bits per heavy atom. The highest BCUT2D eigenvalue weighted by molar-refractivity contribution is 5.86. The second-order valence-corrected chi connectivity index (χ2v) is 4.17. The SMILES string of the molecule is NCc1ccccc1C1CCCCC1=O. The Kier molecular flexibility index (Phi) is 3.17. The molecule has 0 saturated heterocycles. The molecule has 0 amide bonds. The maximum absolute atomic E-state index is 11.8. The van der Waals surface area contributed by atoms with E-state index < -0.39 is 0 Å². The van der Waals surface area contributed by atoms with Crippen LogP contribution in [0.25, 0.3) is 0 Å². The first kappa shape index (κ1) is 10.4. The zero-order chi connectivity index (χ0) is 10.7. The number of ketones is 1. The molecule has 1 aromatic carbocycles. The molecule has 1 aliphatic carbocycles. The first-order valence-corrected chi connectivity index (χ1v) is 5.63. The Bertz CT molecular complexity index is 359. The highest BCUT2D eigenvalue weighted by Crippen LogP contribution is 2.31. The smallest absolute Gasteiger partial charge is 0.140 e. The third-order valence-electron chi connectivity index (χ3n) is 3.21. The molecule has 0 radical (unpaired) electrons. The molecular weight excluding hydrogens is 186 g/mol.